The van der Waals surface area contributed by atoms with Gasteiger partial charge in [-0.05, 0) is 42.5 Å². The van der Waals surface area contributed by atoms with Crippen LogP contribution in [-0.2, 0) is 0 Å². The maximum absolute atomic E-state index is 12.7. The lowest BCUT2D eigenvalue weighted by atomic mass is 10.1. The molecule has 2 aromatic rings. The monoisotopic (exact) mass is 442 g/mol. The number of rotatable bonds is 3. The summed E-state index contributed by atoms with van der Waals surface area (Å²) in [5.74, 6) is -0.0751. The van der Waals surface area contributed by atoms with Crippen molar-refractivity contribution in [1.82, 2.24) is 4.90 Å². The van der Waals surface area contributed by atoms with E-state index in [0.717, 1.165) is 11.4 Å². The molecule has 1 fully saturated rings. The normalized spacial score (nSPS) is 14.2. The highest BCUT2D eigenvalue weighted by Crippen LogP contribution is 2.34. The molecule has 0 saturated carbocycles. The second-order valence-electron chi connectivity index (χ2n) is 6.03. The SMILES string of the molecule is NC(=S)Nc1cccc(Cl)c1N1CCN(C(=O)c2ccc(Cl)c(Cl)c2)CC1. The van der Waals surface area contributed by atoms with Crippen molar-refractivity contribution in [1.29, 1.82) is 0 Å². The van der Waals surface area contributed by atoms with Gasteiger partial charge >= 0.3 is 0 Å². The van der Waals surface area contributed by atoms with E-state index < -0.39 is 0 Å². The van der Waals surface area contributed by atoms with Crippen LogP contribution in [-0.4, -0.2) is 42.1 Å². The van der Waals surface area contributed by atoms with Gasteiger partial charge in [-0.2, -0.15) is 0 Å². The summed E-state index contributed by atoms with van der Waals surface area (Å²) in [4.78, 5) is 16.6. The van der Waals surface area contributed by atoms with Crippen LogP contribution >= 0.6 is 47.0 Å². The number of nitrogens with zero attached hydrogens (tertiary/aromatic N) is 2. The van der Waals surface area contributed by atoms with E-state index in [9.17, 15) is 4.79 Å². The molecule has 0 bridgehead atoms. The van der Waals surface area contributed by atoms with E-state index in [-0.39, 0.29) is 11.0 Å². The molecular formula is C18H17Cl3N4OS. The Balaban J connectivity index is 1.73. The average Bonchev–Trinajstić information content (AvgIpc) is 2.63. The highest BCUT2D eigenvalue weighted by atomic mass is 35.5. The molecule has 0 aromatic heterocycles. The summed E-state index contributed by atoms with van der Waals surface area (Å²) in [7, 11) is 0. The third kappa shape index (κ3) is 4.58. The molecule has 3 N–H and O–H groups in total. The quantitative estimate of drug-likeness (QED) is 0.694. The van der Waals surface area contributed by atoms with Crippen molar-refractivity contribution in [3.05, 3.63) is 57.0 Å². The topological polar surface area (TPSA) is 61.6 Å². The number of hydrogen-bond donors (Lipinski definition) is 2. The van der Waals surface area contributed by atoms with Gasteiger partial charge in [0.05, 0.1) is 26.4 Å². The number of carbonyl (C=O) groups excluding carboxylic acids is 1. The molecule has 1 heterocycles. The molecule has 1 aliphatic heterocycles. The van der Waals surface area contributed by atoms with Crippen LogP contribution in [0.15, 0.2) is 36.4 Å². The van der Waals surface area contributed by atoms with Gasteiger partial charge in [-0.25, -0.2) is 0 Å². The molecule has 0 spiro atoms. The molecular weight excluding hydrogens is 427 g/mol. The first-order valence-electron chi connectivity index (χ1n) is 8.21. The summed E-state index contributed by atoms with van der Waals surface area (Å²) >= 11 is 23.3. The largest absolute Gasteiger partial charge is 0.376 e. The summed E-state index contributed by atoms with van der Waals surface area (Å²) in [5.41, 5.74) is 7.70. The maximum atomic E-state index is 12.7. The number of amides is 1. The van der Waals surface area contributed by atoms with Gasteiger partial charge in [0.1, 0.15) is 0 Å². The van der Waals surface area contributed by atoms with E-state index in [1.807, 2.05) is 18.2 Å². The third-order valence-corrected chi connectivity index (χ3v) is 5.44. The van der Waals surface area contributed by atoms with Crippen LogP contribution in [0.5, 0.6) is 0 Å². The Kier molecular flexibility index (Phi) is 6.32. The second-order valence-corrected chi connectivity index (χ2v) is 7.69. The minimum Gasteiger partial charge on any atom is -0.376 e. The first-order chi connectivity index (χ1) is 12.9. The number of nitrogens with two attached hydrogens (primary N) is 1. The van der Waals surface area contributed by atoms with Crippen molar-refractivity contribution in [2.75, 3.05) is 36.4 Å². The zero-order valence-corrected chi connectivity index (χ0v) is 17.3. The Bertz CT molecular complexity index is 885. The zero-order chi connectivity index (χ0) is 19.6. The lowest BCUT2D eigenvalue weighted by Gasteiger charge is -2.37. The Hall–Kier alpha value is -1.73. The Labute approximate surface area is 178 Å². The second kappa shape index (κ2) is 8.52. The molecule has 0 atom stereocenters. The van der Waals surface area contributed by atoms with E-state index in [2.05, 4.69) is 10.2 Å². The molecule has 142 valence electrons. The number of piperazine rings is 1. The molecule has 0 radical (unpaired) electrons. The van der Waals surface area contributed by atoms with Crippen LogP contribution in [0, 0.1) is 0 Å². The smallest absolute Gasteiger partial charge is 0.254 e. The lowest BCUT2D eigenvalue weighted by Crippen LogP contribution is -2.49. The number of hydrogen-bond acceptors (Lipinski definition) is 3. The molecule has 1 amide bonds. The summed E-state index contributed by atoms with van der Waals surface area (Å²) in [6.07, 6.45) is 0. The van der Waals surface area contributed by atoms with Crippen molar-refractivity contribution < 1.29 is 4.79 Å². The summed E-state index contributed by atoms with van der Waals surface area (Å²) in [5, 5.41) is 4.52. The fraction of sp³-hybridized carbons (Fsp3) is 0.222. The van der Waals surface area contributed by atoms with Gasteiger partial charge in [0.25, 0.3) is 5.91 Å². The Morgan fingerprint density at radius 3 is 2.33 bits per heavy atom. The van der Waals surface area contributed by atoms with Crippen LogP contribution in [0.3, 0.4) is 0 Å². The van der Waals surface area contributed by atoms with Gasteiger partial charge in [0.2, 0.25) is 0 Å². The molecule has 1 saturated heterocycles. The Morgan fingerprint density at radius 1 is 1.00 bits per heavy atom. The van der Waals surface area contributed by atoms with E-state index in [1.54, 1.807) is 23.1 Å². The van der Waals surface area contributed by atoms with Gasteiger partial charge in [-0.1, -0.05) is 40.9 Å². The van der Waals surface area contributed by atoms with Crippen LogP contribution in [0.1, 0.15) is 10.4 Å². The van der Waals surface area contributed by atoms with Gasteiger partial charge < -0.3 is 20.9 Å². The number of thiocarbonyl (C=S) groups is 1. The van der Waals surface area contributed by atoms with Crippen molar-refractivity contribution in [2.24, 2.45) is 5.73 Å². The number of nitrogens with one attached hydrogen (secondary N) is 1. The van der Waals surface area contributed by atoms with E-state index in [0.29, 0.717) is 46.8 Å². The fourth-order valence-corrected chi connectivity index (χ4v) is 3.72. The highest BCUT2D eigenvalue weighted by Gasteiger charge is 2.25. The molecule has 5 nitrogen and oxygen atoms in total. The zero-order valence-electron chi connectivity index (χ0n) is 14.2. The number of anilines is 2. The molecule has 0 aliphatic carbocycles. The molecule has 27 heavy (non-hydrogen) atoms. The third-order valence-electron chi connectivity index (χ3n) is 4.29. The number of halogens is 3. The summed E-state index contributed by atoms with van der Waals surface area (Å²) < 4.78 is 0. The van der Waals surface area contributed by atoms with E-state index >= 15 is 0 Å². The van der Waals surface area contributed by atoms with Crippen molar-refractivity contribution in [2.45, 2.75) is 0 Å². The predicted octanol–water partition coefficient (Wildman–Crippen LogP) is 4.26. The summed E-state index contributed by atoms with van der Waals surface area (Å²) in [6, 6.07) is 10.4. The van der Waals surface area contributed by atoms with Crippen LogP contribution in [0.4, 0.5) is 11.4 Å². The molecule has 0 unspecified atom stereocenters. The fourth-order valence-electron chi connectivity index (χ4n) is 3.02. The van der Waals surface area contributed by atoms with E-state index in [4.69, 9.17) is 52.8 Å². The van der Waals surface area contributed by atoms with Gasteiger partial charge in [-0.15, -0.1) is 0 Å². The minimum atomic E-state index is -0.0751. The van der Waals surface area contributed by atoms with Crippen molar-refractivity contribution in [3.63, 3.8) is 0 Å². The summed E-state index contributed by atoms with van der Waals surface area (Å²) in [6.45, 7) is 2.36. The first-order valence-corrected chi connectivity index (χ1v) is 9.75. The molecule has 9 heteroatoms. The first kappa shape index (κ1) is 20.0. The van der Waals surface area contributed by atoms with Gasteiger partial charge in [0, 0.05) is 31.7 Å². The van der Waals surface area contributed by atoms with Gasteiger partial charge in [0.15, 0.2) is 5.11 Å². The molecule has 1 aliphatic rings. The van der Waals surface area contributed by atoms with Gasteiger partial charge in [-0.3, -0.25) is 4.79 Å². The Morgan fingerprint density at radius 2 is 1.70 bits per heavy atom. The number of para-hydroxylation sites is 1. The average molecular weight is 444 g/mol. The van der Waals surface area contributed by atoms with Crippen molar-refractivity contribution >= 4 is 69.4 Å². The lowest BCUT2D eigenvalue weighted by molar-refractivity contribution is 0.0747. The van der Waals surface area contributed by atoms with Crippen LogP contribution in [0.2, 0.25) is 15.1 Å². The predicted molar refractivity (Wildman–Crippen MR) is 116 cm³/mol. The minimum absolute atomic E-state index is 0.0751. The van der Waals surface area contributed by atoms with Crippen LogP contribution in [0.25, 0.3) is 0 Å². The molecule has 2 aromatic carbocycles. The standard InChI is InChI=1S/C18H17Cl3N4OS/c19-12-5-4-11(10-14(12)21)17(26)25-8-6-24(7-9-25)16-13(20)2-1-3-15(16)23-18(22)27/h1-5,10H,6-9H2,(H3,22,23,27). The van der Waals surface area contributed by atoms with Crippen molar-refractivity contribution in [3.8, 4) is 0 Å². The molecule has 3 rings (SSSR count). The van der Waals surface area contributed by atoms with E-state index in [1.165, 1.54) is 0 Å². The van der Waals surface area contributed by atoms with Crippen LogP contribution < -0.4 is 16.0 Å². The highest BCUT2D eigenvalue weighted by molar-refractivity contribution is 7.80. The maximum Gasteiger partial charge on any atom is 0.254 e. The number of carbonyl (C=O) groups is 1. The number of benzene rings is 2.